The quantitative estimate of drug-likeness (QED) is 0.646. The van der Waals surface area contributed by atoms with Crippen LogP contribution in [0.3, 0.4) is 0 Å². The first-order valence-electron chi connectivity index (χ1n) is 9.58. The van der Waals surface area contributed by atoms with E-state index in [9.17, 15) is 9.18 Å². The van der Waals surface area contributed by atoms with Gasteiger partial charge in [0.05, 0.1) is 29.5 Å². The van der Waals surface area contributed by atoms with E-state index in [1.165, 1.54) is 25.2 Å². The Morgan fingerprint density at radius 3 is 2.82 bits per heavy atom. The van der Waals surface area contributed by atoms with Gasteiger partial charge in [-0.25, -0.2) is 9.37 Å². The Balaban J connectivity index is 1.39. The van der Waals surface area contributed by atoms with Gasteiger partial charge in [-0.1, -0.05) is 11.3 Å². The van der Waals surface area contributed by atoms with E-state index in [2.05, 4.69) is 10.3 Å². The second kappa shape index (κ2) is 9.52. The van der Waals surface area contributed by atoms with Crippen LogP contribution in [0.25, 0.3) is 10.2 Å². The lowest BCUT2D eigenvalue weighted by molar-refractivity contribution is -0.120. The first kappa shape index (κ1) is 20.8. The van der Waals surface area contributed by atoms with Crippen molar-refractivity contribution in [3.05, 3.63) is 18.2 Å². The van der Waals surface area contributed by atoms with Crippen LogP contribution < -0.4 is 14.8 Å². The lowest BCUT2D eigenvalue weighted by Crippen LogP contribution is -2.40. The SMILES string of the molecule is CC(=O)N[C@@H](C)COC1CC(COc2ccc3nc(OC[C@@H](C)F)sc3c2)C1. The van der Waals surface area contributed by atoms with Crippen LogP contribution >= 0.6 is 11.3 Å². The number of carbonyl (C=O) groups excluding carboxylic acids is 1. The van der Waals surface area contributed by atoms with Crippen molar-refractivity contribution in [1.29, 1.82) is 0 Å². The molecule has 2 atom stereocenters. The molecule has 0 aliphatic heterocycles. The van der Waals surface area contributed by atoms with Crippen LogP contribution in [0.15, 0.2) is 18.2 Å². The molecule has 1 fully saturated rings. The Morgan fingerprint density at radius 2 is 2.11 bits per heavy atom. The molecule has 1 N–H and O–H groups in total. The van der Waals surface area contributed by atoms with Gasteiger partial charge in [-0.15, -0.1) is 0 Å². The van der Waals surface area contributed by atoms with E-state index < -0.39 is 6.17 Å². The Bertz CT molecular complexity index is 792. The van der Waals surface area contributed by atoms with Crippen molar-refractivity contribution < 1.29 is 23.4 Å². The normalized spacial score (nSPS) is 21.0. The molecular formula is C20H27FN2O4S. The number of rotatable bonds is 10. The number of ether oxygens (including phenoxy) is 3. The Hall–Kier alpha value is -1.93. The maximum Gasteiger partial charge on any atom is 0.274 e. The van der Waals surface area contributed by atoms with Gasteiger partial charge in [-0.3, -0.25) is 4.79 Å². The van der Waals surface area contributed by atoms with Gasteiger partial charge < -0.3 is 19.5 Å². The van der Waals surface area contributed by atoms with E-state index in [-0.39, 0.29) is 24.7 Å². The molecule has 1 heterocycles. The summed E-state index contributed by atoms with van der Waals surface area (Å²) in [6, 6.07) is 5.76. The molecule has 1 aliphatic rings. The lowest BCUT2D eigenvalue weighted by atomic mass is 9.83. The monoisotopic (exact) mass is 410 g/mol. The molecule has 1 amide bonds. The molecule has 2 aromatic rings. The number of nitrogens with zero attached hydrogens (tertiary/aromatic N) is 1. The number of benzene rings is 1. The third-order valence-corrected chi connectivity index (χ3v) is 5.42. The van der Waals surface area contributed by atoms with Gasteiger partial charge >= 0.3 is 0 Å². The highest BCUT2D eigenvalue weighted by molar-refractivity contribution is 7.20. The third-order valence-electron chi connectivity index (χ3n) is 4.49. The van der Waals surface area contributed by atoms with Crippen molar-refractivity contribution in [2.75, 3.05) is 19.8 Å². The van der Waals surface area contributed by atoms with E-state index in [1.54, 1.807) is 0 Å². The van der Waals surface area contributed by atoms with Crippen molar-refractivity contribution in [3.63, 3.8) is 0 Å². The molecule has 0 unspecified atom stereocenters. The molecule has 154 valence electrons. The number of thiazole rings is 1. The van der Waals surface area contributed by atoms with Gasteiger partial charge in [-0.2, -0.15) is 0 Å². The molecular weight excluding hydrogens is 383 g/mol. The van der Waals surface area contributed by atoms with Gasteiger partial charge in [0.25, 0.3) is 5.19 Å². The number of hydrogen-bond acceptors (Lipinski definition) is 6. The molecule has 0 bridgehead atoms. The number of amides is 1. The van der Waals surface area contributed by atoms with E-state index in [4.69, 9.17) is 14.2 Å². The van der Waals surface area contributed by atoms with Crippen LogP contribution in [-0.4, -0.2) is 49.0 Å². The third kappa shape index (κ3) is 6.04. The number of carbonyl (C=O) groups is 1. The minimum Gasteiger partial charge on any atom is -0.493 e. The summed E-state index contributed by atoms with van der Waals surface area (Å²) in [7, 11) is 0. The van der Waals surface area contributed by atoms with Crippen molar-refractivity contribution >= 4 is 27.5 Å². The molecule has 28 heavy (non-hydrogen) atoms. The van der Waals surface area contributed by atoms with Crippen LogP contribution in [0.2, 0.25) is 0 Å². The van der Waals surface area contributed by atoms with E-state index in [0.717, 1.165) is 28.8 Å². The maximum atomic E-state index is 12.9. The highest BCUT2D eigenvalue weighted by Gasteiger charge is 2.30. The zero-order valence-electron chi connectivity index (χ0n) is 16.4. The molecule has 1 aromatic carbocycles. The minimum absolute atomic E-state index is 0.0116. The molecule has 0 spiro atoms. The van der Waals surface area contributed by atoms with Crippen LogP contribution in [-0.2, 0) is 9.53 Å². The van der Waals surface area contributed by atoms with Gasteiger partial charge in [0.2, 0.25) is 5.91 Å². The smallest absolute Gasteiger partial charge is 0.274 e. The first-order chi connectivity index (χ1) is 13.4. The molecule has 3 rings (SSSR count). The molecule has 6 nitrogen and oxygen atoms in total. The van der Waals surface area contributed by atoms with Gasteiger partial charge in [0.1, 0.15) is 18.5 Å². The molecule has 0 radical (unpaired) electrons. The number of nitrogens with one attached hydrogen (secondary N) is 1. The second-order valence-corrected chi connectivity index (χ2v) is 8.40. The summed E-state index contributed by atoms with van der Waals surface area (Å²) in [4.78, 5) is 15.3. The summed E-state index contributed by atoms with van der Waals surface area (Å²) in [6.45, 7) is 6.09. The summed E-state index contributed by atoms with van der Waals surface area (Å²) in [5.74, 6) is 1.23. The molecule has 1 saturated carbocycles. The van der Waals surface area contributed by atoms with E-state index in [0.29, 0.717) is 24.3 Å². The summed E-state index contributed by atoms with van der Waals surface area (Å²) >= 11 is 1.39. The Kier molecular flexibility index (Phi) is 7.07. The molecule has 1 aliphatic carbocycles. The maximum absolute atomic E-state index is 12.9. The van der Waals surface area contributed by atoms with Crippen LogP contribution in [0, 0.1) is 5.92 Å². The number of hydrogen-bond donors (Lipinski definition) is 1. The summed E-state index contributed by atoms with van der Waals surface area (Å²) in [5, 5.41) is 3.29. The van der Waals surface area contributed by atoms with Crippen LogP contribution in [0.5, 0.6) is 10.9 Å². The Morgan fingerprint density at radius 1 is 1.32 bits per heavy atom. The fourth-order valence-corrected chi connectivity index (χ4v) is 3.90. The van der Waals surface area contributed by atoms with Crippen molar-refractivity contribution in [2.24, 2.45) is 5.92 Å². The van der Waals surface area contributed by atoms with Crippen molar-refractivity contribution in [2.45, 2.75) is 51.9 Å². The largest absolute Gasteiger partial charge is 0.493 e. The number of aromatic nitrogens is 1. The molecule has 0 saturated heterocycles. The van der Waals surface area contributed by atoms with Gasteiger partial charge in [0, 0.05) is 13.0 Å². The van der Waals surface area contributed by atoms with E-state index in [1.807, 2.05) is 25.1 Å². The fourth-order valence-electron chi connectivity index (χ4n) is 3.05. The van der Waals surface area contributed by atoms with Crippen molar-refractivity contribution in [3.8, 4) is 10.9 Å². The second-order valence-electron chi connectivity index (χ2n) is 7.41. The van der Waals surface area contributed by atoms with E-state index >= 15 is 0 Å². The van der Waals surface area contributed by atoms with Crippen LogP contribution in [0.4, 0.5) is 4.39 Å². The van der Waals surface area contributed by atoms with Gasteiger partial charge in [-0.05, 0) is 50.8 Å². The minimum atomic E-state index is -1.02. The lowest BCUT2D eigenvalue weighted by Gasteiger charge is -2.35. The zero-order chi connectivity index (χ0) is 20.1. The fraction of sp³-hybridized carbons (Fsp3) is 0.600. The first-order valence-corrected chi connectivity index (χ1v) is 10.4. The topological polar surface area (TPSA) is 69.7 Å². The number of fused-ring (bicyclic) bond motifs is 1. The average molecular weight is 411 g/mol. The van der Waals surface area contributed by atoms with Crippen molar-refractivity contribution in [1.82, 2.24) is 10.3 Å². The number of halogens is 1. The standard InChI is InChI=1S/C20H27FN2O4S/c1-12(21)9-27-20-23-18-5-4-16(8-19(18)28-20)26-11-15-6-17(7-15)25-10-13(2)22-14(3)24/h4-5,8,12-13,15,17H,6-7,9-11H2,1-3H3,(H,22,24)/t12-,13+,15?,17?/m1/s1. The van der Waals surface area contributed by atoms with Gasteiger partial charge in [0.15, 0.2) is 0 Å². The highest BCUT2D eigenvalue weighted by atomic mass is 32.1. The zero-order valence-corrected chi connectivity index (χ0v) is 17.3. The van der Waals surface area contributed by atoms with Crippen LogP contribution in [0.1, 0.15) is 33.6 Å². The highest BCUT2D eigenvalue weighted by Crippen LogP contribution is 2.33. The molecule has 1 aromatic heterocycles. The predicted octanol–water partition coefficient (Wildman–Crippen LogP) is 3.73. The predicted molar refractivity (Wildman–Crippen MR) is 107 cm³/mol. The summed E-state index contributed by atoms with van der Waals surface area (Å²) in [5.41, 5.74) is 0.823. The Labute approximate surface area is 168 Å². The molecule has 8 heteroatoms. The summed E-state index contributed by atoms with van der Waals surface area (Å²) in [6.07, 6.45) is 1.16. The summed E-state index contributed by atoms with van der Waals surface area (Å²) < 4.78 is 30.9. The number of alkyl halides is 1. The average Bonchev–Trinajstić information content (AvgIpc) is 2.99.